The van der Waals surface area contributed by atoms with E-state index in [0.717, 1.165) is 6.42 Å². The minimum Gasteiger partial charge on any atom is -0.322 e. The predicted octanol–water partition coefficient (Wildman–Crippen LogP) is 4.10. The molecule has 0 N–H and O–H groups in total. The molecule has 2 aliphatic rings. The van der Waals surface area contributed by atoms with Crippen molar-refractivity contribution in [3.8, 4) is 0 Å². The Bertz CT molecular complexity index is 524. The Morgan fingerprint density at radius 1 is 1.35 bits per heavy atom. The first kappa shape index (κ1) is 14.2. The molecule has 1 aliphatic carbocycles. The van der Waals surface area contributed by atoms with Crippen LogP contribution >= 0.6 is 23.4 Å². The standard InChI is InChI=1S/C15H17ClFNOS/c1-8-6-9(2)14(8)18-12(19)7-20-15(18)13-10(16)4-3-5-11(13)17/h3-5,8-9,14-15H,6-7H2,1-2H3. The first-order valence-electron chi connectivity index (χ1n) is 6.87. The SMILES string of the molecule is CC1CC(C)C1N1C(=O)CSC1c1c(F)cccc1Cl. The number of carbonyl (C=O) groups excluding carboxylic acids is 1. The molecule has 3 atom stereocenters. The molecule has 20 heavy (non-hydrogen) atoms. The molecule has 1 aliphatic heterocycles. The maximum atomic E-state index is 14.1. The van der Waals surface area contributed by atoms with E-state index in [1.54, 1.807) is 12.1 Å². The van der Waals surface area contributed by atoms with Gasteiger partial charge in [-0.05, 0) is 30.4 Å². The molecule has 1 amide bonds. The molecule has 0 bridgehead atoms. The van der Waals surface area contributed by atoms with Crippen molar-refractivity contribution in [3.05, 3.63) is 34.6 Å². The van der Waals surface area contributed by atoms with E-state index in [4.69, 9.17) is 11.6 Å². The van der Waals surface area contributed by atoms with Gasteiger partial charge in [-0.1, -0.05) is 31.5 Å². The Kier molecular flexibility index (Phi) is 3.71. The quantitative estimate of drug-likeness (QED) is 0.819. The van der Waals surface area contributed by atoms with Gasteiger partial charge in [0, 0.05) is 16.6 Å². The number of rotatable bonds is 2. The fourth-order valence-corrected chi connectivity index (χ4v) is 5.11. The second kappa shape index (κ2) is 5.23. The summed E-state index contributed by atoms with van der Waals surface area (Å²) in [5, 5.41) is 0.119. The number of hydrogen-bond acceptors (Lipinski definition) is 2. The molecular weight excluding hydrogens is 297 g/mol. The zero-order valence-corrected chi connectivity index (χ0v) is 13.0. The van der Waals surface area contributed by atoms with Crippen molar-refractivity contribution in [2.45, 2.75) is 31.7 Å². The largest absolute Gasteiger partial charge is 0.322 e. The molecule has 1 saturated heterocycles. The first-order valence-corrected chi connectivity index (χ1v) is 8.30. The minimum atomic E-state index is -0.325. The first-order chi connectivity index (χ1) is 9.50. The molecule has 0 spiro atoms. The Balaban J connectivity index is 1.98. The van der Waals surface area contributed by atoms with Gasteiger partial charge in [0.15, 0.2) is 0 Å². The molecule has 2 nitrogen and oxygen atoms in total. The number of carbonyl (C=O) groups is 1. The lowest BCUT2D eigenvalue weighted by Gasteiger charge is -2.48. The molecule has 1 aromatic rings. The van der Waals surface area contributed by atoms with E-state index in [1.807, 2.05) is 4.90 Å². The van der Waals surface area contributed by atoms with Gasteiger partial charge in [0.2, 0.25) is 5.91 Å². The van der Waals surface area contributed by atoms with Crippen LogP contribution in [0.4, 0.5) is 4.39 Å². The van der Waals surface area contributed by atoms with Crippen LogP contribution in [-0.2, 0) is 4.79 Å². The highest BCUT2D eigenvalue weighted by Gasteiger charge is 2.48. The maximum absolute atomic E-state index is 14.1. The Labute approximate surface area is 127 Å². The van der Waals surface area contributed by atoms with E-state index in [-0.39, 0.29) is 23.1 Å². The molecule has 1 aromatic carbocycles. The maximum Gasteiger partial charge on any atom is 0.234 e. The van der Waals surface area contributed by atoms with Crippen LogP contribution in [0.25, 0.3) is 0 Å². The number of benzene rings is 1. The van der Waals surface area contributed by atoms with Gasteiger partial charge >= 0.3 is 0 Å². The molecule has 0 radical (unpaired) electrons. The number of hydrogen-bond donors (Lipinski definition) is 0. The third-order valence-corrected chi connectivity index (χ3v) is 5.90. The molecular formula is C15H17ClFNOS. The summed E-state index contributed by atoms with van der Waals surface area (Å²) in [6, 6.07) is 4.91. The third kappa shape index (κ3) is 2.13. The van der Waals surface area contributed by atoms with Gasteiger partial charge in [0.05, 0.1) is 5.75 Å². The average molecular weight is 314 g/mol. The lowest BCUT2D eigenvalue weighted by Crippen LogP contribution is -2.53. The fourth-order valence-electron chi connectivity index (χ4n) is 3.51. The molecule has 0 aromatic heterocycles. The number of amides is 1. The number of nitrogens with zero attached hydrogens (tertiary/aromatic N) is 1. The molecule has 3 unspecified atom stereocenters. The van der Waals surface area contributed by atoms with Gasteiger partial charge < -0.3 is 4.90 Å². The van der Waals surface area contributed by atoms with Gasteiger partial charge in [-0.3, -0.25) is 4.79 Å². The third-order valence-electron chi connectivity index (χ3n) is 4.38. The van der Waals surface area contributed by atoms with Crippen LogP contribution in [0.2, 0.25) is 5.02 Å². The van der Waals surface area contributed by atoms with Gasteiger partial charge in [-0.25, -0.2) is 4.39 Å². The molecule has 1 saturated carbocycles. The highest BCUT2D eigenvalue weighted by Crippen LogP contribution is 2.49. The highest BCUT2D eigenvalue weighted by molar-refractivity contribution is 8.00. The lowest BCUT2D eigenvalue weighted by atomic mass is 9.71. The van der Waals surface area contributed by atoms with Crippen LogP contribution in [0.3, 0.4) is 0 Å². The van der Waals surface area contributed by atoms with Crippen LogP contribution in [0.1, 0.15) is 31.2 Å². The van der Waals surface area contributed by atoms with Crippen molar-refractivity contribution in [3.63, 3.8) is 0 Å². The zero-order chi connectivity index (χ0) is 14.4. The van der Waals surface area contributed by atoms with Crippen molar-refractivity contribution >= 4 is 29.3 Å². The smallest absolute Gasteiger partial charge is 0.234 e. The van der Waals surface area contributed by atoms with Gasteiger partial charge in [-0.2, -0.15) is 0 Å². The van der Waals surface area contributed by atoms with E-state index in [9.17, 15) is 9.18 Å². The van der Waals surface area contributed by atoms with Crippen LogP contribution in [0.5, 0.6) is 0 Å². The fraction of sp³-hybridized carbons (Fsp3) is 0.533. The minimum absolute atomic E-state index is 0.0997. The van der Waals surface area contributed by atoms with Gasteiger partial charge in [0.1, 0.15) is 11.2 Å². The molecule has 1 heterocycles. The van der Waals surface area contributed by atoms with E-state index in [1.165, 1.54) is 17.8 Å². The van der Waals surface area contributed by atoms with Crippen LogP contribution < -0.4 is 0 Å². The van der Waals surface area contributed by atoms with Gasteiger partial charge in [-0.15, -0.1) is 11.8 Å². The van der Waals surface area contributed by atoms with E-state index < -0.39 is 0 Å². The summed E-state index contributed by atoms with van der Waals surface area (Å²) in [6.45, 7) is 4.31. The van der Waals surface area contributed by atoms with Crippen molar-refractivity contribution in [1.82, 2.24) is 4.90 Å². The zero-order valence-electron chi connectivity index (χ0n) is 11.5. The Morgan fingerprint density at radius 3 is 2.65 bits per heavy atom. The predicted molar refractivity (Wildman–Crippen MR) is 80.2 cm³/mol. The van der Waals surface area contributed by atoms with E-state index in [2.05, 4.69) is 13.8 Å². The van der Waals surface area contributed by atoms with E-state index >= 15 is 0 Å². The Morgan fingerprint density at radius 2 is 2.05 bits per heavy atom. The van der Waals surface area contributed by atoms with Crippen molar-refractivity contribution in [2.24, 2.45) is 11.8 Å². The lowest BCUT2D eigenvalue weighted by molar-refractivity contribution is -0.136. The summed E-state index contributed by atoms with van der Waals surface area (Å²) < 4.78 is 14.1. The highest BCUT2D eigenvalue weighted by atomic mass is 35.5. The van der Waals surface area contributed by atoms with Crippen LogP contribution in [-0.4, -0.2) is 22.6 Å². The molecule has 108 valence electrons. The normalized spacial score (nSPS) is 33.4. The summed E-state index contributed by atoms with van der Waals surface area (Å²) in [7, 11) is 0. The van der Waals surface area contributed by atoms with Crippen LogP contribution in [0.15, 0.2) is 18.2 Å². The summed E-state index contributed by atoms with van der Waals surface area (Å²) in [6.07, 6.45) is 1.12. The molecule has 3 rings (SSSR count). The second-order valence-corrected chi connectivity index (χ2v) is 7.26. The number of halogens is 2. The average Bonchev–Trinajstić information content (AvgIpc) is 2.72. The van der Waals surface area contributed by atoms with Crippen molar-refractivity contribution in [1.29, 1.82) is 0 Å². The summed E-state index contributed by atoms with van der Waals surface area (Å²) in [4.78, 5) is 14.1. The second-order valence-electron chi connectivity index (χ2n) is 5.78. The topological polar surface area (TPSA) is 20.3 Å². The molecule has 2 fully saturated rings. The monoisotopic (exact) mass is 313 g/mol. The van der Waals surface area contributed by atoms with Gasteiger partial charge in [0.25, 0.3) is 0 Å². The number of thioether (sulfide) groups is 1. The summed E-state index contributed by atoms with van der Waals surface area (Å²) in [5.41, 5.74) is 0.455. The van der Waals surface area contributed by atoms with Crippen molar-refractivity contribution < 1.29 is 9.18 Å². The van der Waals surface area contributed by atoms with E-state index in [0.29, 0.717) is 28.2 Å². The molecule has 5 heteroatoms. The van der Waals surface area contributed by atoms with Crippen molar-refractivity contribution in [2.75, 3.05) is 5.75 Å². The summed E-state index contributed by atoms with van der Waals surface area (Å²) >= 11 is 7.64. The Hall–Kier alpha value is -0.740. The van der Waals surface area contributed by atoms with Crippen LogP contribution in [0, 0.1) is 17.7 Å². The summed E-state index contributed by atoms with van der Waals surface area (Å²) in [5.74, 6) is 1.13.